The first kappa shape index (κ1) is 16.8. The zero-order chi connectivity index (χ0) is 15.3. The molecule has 0 saturated carbocycles. The quantitative estimate of drug-likeness (QED) is 0.600. The van der Waals surface area contributed by atoms with Crippen molar-refractivity contribution < 1.29 is 21.6 Å². The van der Waals surface area contributed by atoms with E-state index >= 15 is 0 Å². The summed E-state index contributed by atoms with van der Waals surface area (Å²) in [6.07, 6.45) is 0.845. The zero-order valence-electron chi connectivity index (χ0n) is 11.2. The van der Waals surface area contributed by atoms with Crippen LogP contribution in [0.5, 0.6) is 0 Å². The highest BCUT2D eigenvalue weighted by Gasteiger charge is 2.23. The molecule has 4 nitrogen and oxygen atoms in total. The number of hydrogen-bond donors (Lipinski definition) is 2. The molecule has 1 unspecified atom stereocenters. The van der Waals surface area contributed by atoms with Crippen molar-refractivity contribution in [2.75, 3.05) is 17.8 Å². The Morgan fingerprint density at radius 2 is 1.85 bits per heavy atom. The van der Waals surface area contributed by atoms with E-state index in [2.05, 4.69) is 5.32 Å². The van der Waals surface area contributed by atoms with Gasteiger partial charge in [0.05, 0.1) is 10.9 Å². The number of nitrogens with one attached hydrogen (secondary N) is 2. The number of rotatable bonds is 7. The molecule has 0 radical (unpaired) electrons. The maximum atomic E-state index is 13.4. The van der Waals surface area contributed by atoms with E-state index in [1.807, 2.05) is 11.6 Å². The number of anilines is 1. The lowest BCUT2D eigenvalue weighted by Crippen LogP contribution is -2.35. The topological polar surface area (TPSA) is 58.2 Å². The molecule has 0 saturated heterocycles. The van der Waals surface area contributed by atoms with Crippen LogP contribution >= 0.6 is 0 Å². The van der Waals surface area contributed by atoms with Crippen LogP contribution in [0.3, 0.4) is 0 Å². The summed E-state index contributed by atoms with van der Waals surface area (Å²) >= 11 is 0. The van der Waals surface area contributed by atoms with Gasteiger partial charge < -0.3 is 5.32 Å². The Balaban J connectivity index is 2.83. The summed E-state index contributed by atoms with van der Waals surface area (Å²) in [5.74, 6) is -4.63. The van der Waals surface area contributed by atoms with Crippen molar-refractivity contribution in [1.29, 1.82) is 0 Å². The van der Waals surface area contributed by atoms with Gasteiger partial charge in [0.15, 0.2) is 17.5 Å². The van der Waals surface area contributed by atoms with Crippen molar-refractivity contribution in [2.45, 2.75) is 25.5 Å². The molecule has 1 rings (SSSR count). The number of hydrogen-bond acceptors (Lipinski definition) is 3. The van der Waals surface area contributed by atoms with Crippen molar-refractivity contribution in [3.63, 3.8) is 0 Å². The molecule has 0 aliphatic heterocycles. The van der Waals surface area contributed by atoms with E-state index < -0.39 is 38.4 Å². The standard InChI is InChI=1S/C12H17F3N2O2S/c1-3-6-16-7-8(2)20(18,19)17-10-5-4-9(13)11(14)12(10)15/h4-5,8,16-17H,3,6-7H2,1-2H3. The first-order chi connectivity index (χ1) is 9.29. The van der Waals surface area contributed by atoms with Gasteiger partial charge in [-0.1, -0.05) is 6.92 Å². The average molecular weight is 310 g/mol. The molecule has 0 aliphatic rings. The van der Waals surface area contributed by atoms with E-state index in [4.69, 9.17) is 0 Å². The fraction of sp³-hybridized carbons (Fsp3) is 0.500. The molecule has 0 spiro atoms. The third-order valence-electron chi connectivity index (χ3n) is 2.68. The van der Waals surface area contributed by atoms with E-state index in [0.717, 1.165) is 12.5 Å². The third-order valence-corrected chi connectivity index (χ3v) is 4.41. The molecule has 0 fully saturated rings. The highest BCUT2D eigenvalue weighted by atomic mass is 32.2. The molecule has 1 aromatic rings. The second-order valence-electron chi connectivity index (χ2n) is 4.38. The second-order valence-corrected chi connectivity index (χ2v) is 6.48. The lowest BCUT2D eigenvalue weighted by Gasteiger charge is -2.16. The number of sulfonamides is 1. The van der Waals surface area contributed by atoms with Crippen LogP contribution in [0.2, 0.25) is 0 Å². The minimum atomic E-state index is -3.89. The summed E-state index contributed by atoms with van der Waals surface area (Å²) in [7, 11) is -3.89. The van der Waals surface area contributed by atoms with E-state index in [-0.39, 0.29) is 6.54 Å². The van der Waals surface area contributed by atoms with Crippen LogP contribution in [0.1, 0.15) is 20.3 Å². The molecule has 0 heterocycles. The maximum Gasteiger partial charge on any atom is 0.236 e. The second kappa shape index (κ2) is 6.94. The summed E-state index contributed by atoms with van der Waals surface area (Å²) in [4.78, 5) is 0. The van der Waals surface area contributed by atoms with Gasteiger partial charge >= 0.3 is 0 Å². The molecular formula is C12H17F3N2O2S. The normalized spacial score (nSPS) is 13.2. The van der Waals surface area contributed by atoms with Crippen molar-refractivity contribution in [3.8, 4) is 0 Å². The molecule has 0 aromatic heterocycles. The summed E-state index contributed by atoms with van der Waals surface area (Å²) in [5.41, 5.74) is -0.605. The lowest BCUT2D eigenvalue weighted by molar-refractivity contribution is 0.449. The van der Waals surface area contributed by atoms with Crippen LogP contribution in [0.25, 0.3) is 0 Å². The van der Waals surface area contributed by atoms with Crippen LogP contribution in [-0.2, 0) is 10.0 Å². The fourth-order valence-corrected chi connectivity index (χ4v) is 2.45. The highest BCUT2D eigenvalue weighted by molar-refractivity contribution is 7.93. The van der Waals surface area contributed by atoms with Crippen molar-refractivity contribution in [3.05, 3.63) is 29.6 Å². The van der Waals surface area contributed by atoms with Crippen LogP contribution in [-0.4, -0.2) is 26.8 Å². The Kier molecular flexibility index (Phi) is 5.82. The predicted molar refractivity (Wildman–Crippen MR) is 71.5 cm³/mol. The Labute approximate surface area is 116 Å². The minimum absolute atomic E-state index is 0.175. The van der Waals surface area contributed by atoms with Crippen molar-refractivity contribution in [1.82, 2.24) is 5.32 Å². The summed E-state index contributed by atoms with van der Waals surface area (Å²) in [6.45, 7) is 4.19. The summed E-state index contributed by atoms with van der Waals surface area (Å²) < 4.78 is 64.9. The van der Waals surface area contributed by atoms with Crippen molar-refractivity contribution in [2.24, 2.45) is 0 Å². The van der Waals surface area contributed by atoms with E-state index in [1.165, 1.54) is 6.92 Å². The van der Waals surface area contributed by atoms with Gasteiger partial charge in [0.25, 0.3) is 0 Å². The molecule has 1 aromatic carbocycles. The highest BCUT2D eigenvalue weighted by Crippen LogP contribution is 2.21. The van der Waals surface area contributed by atoms with Gasteiger partial charge in [0, 0.05) is 6.54 Å². The smallest absolute Gasteiger partial charge is 0.236 e. The molecule has 2 N–H and O–H groups in total. The average Bonchev–Trinajstić information content (AvgIpc) is 2.39. The predicted octanol–water partition coefficient (Wildman–Crippen LogP) is 2.23. The van der Waals surface area contributed by atoms with Gasteiger partial charge in [0.2, 0.25) is 10.0 Å². The van der Waals surface area contributed by atoms with Crippen molar-refractivity contribution >= 4 is 15.7 Å². The Morgan fingerprint density at radius 1 is 1.20 bits per heavy atom. The molecule has 114 valence electrons. The molecular weight excluding hydrogens is 293 g/mol. The van der Waals surface area contributed by atoms with E-state index in [0.29, 0.717) is 12.6 Å². The fourth-order valence-electron chi connectivity index (χ4n) is 1.45. The number of halogens is 3. The van der Waals surface area contributed by atoms with Gasteiger partial charge in [-0.2, -0.15) is 0 Å². The lowest BCUT2D eigenvalue weighted by atomic mass is 10.3. The molecule has 1 atom stereocenters. The van der Waals surface area contributed by atoms with Gasteiger partial charge in [0.1, 0.15) is 0 Å². The largest absolute Gasteiger partial charge is 0.315 e. The summed E-state index contributed by atoms with van der Waals surface area (Å²) in [6, 6.07) is 1.51. The molecule has 8 heteroatoms. The minimum Gasteiger partial charge on any atom is -0.315 e. The molecule has 20 heavy (non-hydrogen) atoms. The summed E-state index contributed by atoms with van der Waals surface area (Å²) in [5, 5.41) is 2.07. The monoisotopic (exact) mass is 310 g/mol. The van der Waals surface area contributed by atoms with Crippen LogP contribution in [0, 0.1) is 17.5 Å². The Morgan fingerprint density at radius 3 is 2.45 bits per heavy atom. The SMILES string of the molecule is CCCNCC(C)S(=O)(=O)Nc1ccc(F)c(F)c1F. The zero-order valence-corrected chi connectivity index (χ0v) is 12.0. The first-order valence-corrected chi connectivity index (χ1v) is 7.70. The van der Waals surface area contributed by atoms with Gasteiger partial charge in [-0.3, -0.25) is 4.72 Å². The molecule has 0 amide bonds. The van der Waals surface area contributed by atoms with Crippen LogP contribution < -0.4 is 10.0 Å². The first-order valence-electron chi connectivity index (χ1n) is 6.15. The van der Waals surface area contributed by atoms with E-state index in [1.54, 1.807) is 0 Å². The van der Waals surface area contributed by atoms with Gasteiger partial charge in [-0.15, -0.1) is 0 Å². The molecule has 0 aliphatic carbocycles. The van der Waals surface area contributed by atoms with E-state index in [9.17, 15) is 21.6 Å². The van der Waals surface area contributed by atoms with Crippen LogP contribution in [0.4, 0.5) is 18.9 Å². The van der Waals surface area contributed by atoms with Gasteiger partial charge in [-0.25, -0.2) is 21.6 Å². The third kappa shape index (κ3) is 4.11. The Bertz CT molecular complexity index is 564. The maximum absolute atomic E-state index is 13.4. The van der Waals surface area contributed by atoms with Gasteiger partial charge in [-0.05, 0) is 32.0 Å². The van der Waals surface area contributed by atoms with Crippen LogP contribution in [0.15, 0.2) is 12.1 Å². The Hall–Kier alpha value is -1.28. The molecule has 0 bridgehead atoms. The number of benzene rings is 1.